The summed E-state index contributed by atoms with van der Waals surface area (Å²) in [6, 6.07) is 13.3. The number of halogens is 3. The number of benzene rings is 2. The van der Waals surface area contributed by atoms with Gasteiger partial charge in [0.05, 0.1) is 18.4 Å². The summed E-state index contributed by atoms with van der Waals surface area (Å²) in [5, 5.41) is 13.2. The van der Waals surface area contributed by atoms with Gasteiger partial charge >= 0.3 is 6.18 Å². The minimum Gasteiger partial charge on any atom is -0.494 e. The molecule has 0 aliphatic rings. The number of anilines is 1. The summed E-state index contributed by atoms with van der Waals surface area (Å²) in [4.78, 5) is 21.9. The number of nitrogens with one attached hydrogen (secondary N) is 1. The van der Waals surface area contributed by atoms with Gasteiger partial charge in [0, 0.05) is 11.3 Å². The number of carbonyl (C=O) groups excluding carboxylic acids is 1. The van der Waals surface area contributed by atoms with Crippen LogP contribution >= 0.6 is 0 Å². The van der Waals surface area contributed by atoms with E-state index in [-0.39, 0.29) is 28.6 Å². The molecule has 0 spiro atoms. The lowest BCUT2D eigenvalue weighted by Gasteiger charge is -2.14. The first-order chi connectivity index (χ1) is 17.0. The SMILES string of the molecule is COc1ccc(-c2nc(C)c(C(=O)Nc3cccc(C(F)(F)F)c3)n2O)nc1-c1c(C)cccc1C. The van der Waals surface area contributed by atoms with E-state index in [0.717, 1.165) is 28.8 Å². The largest absolute Gasteiger partial charge is 0.494 e. The van der Waals surface area contributed by atoms with Crippen molar-refractivity contribution in [1.82, 2.24) is 14.7 Å². The number of carbonyl (C=O) groups is 1. The molecule has 0 radical (unpaired) electrons. The number of alkyl halides is 3. The smallest absolute Gasteiger partial charge is 0.416 e. The molecule has 186 valence electrons. The average Bonchev–Trinajstić information content (AvgIpc) is 3.12. The van der Waals surface area contributed by atoms with Crippen molar-refractivity contribution in [1.29, 1.82) is 0 Å². The molecular weight excluding hydrogens is 473 g/mol. The van der Waals surface area contributed by atoms with Crippen molar-refractivity contribution in [2.45, 2.75) is 26.9 Å². The first-order valence-electron chi connectivity index (χ1n) is 10.9. The number of rotatable bonds is 5. The van der Waals surface area contributed by atoms with E-state index in [0.29, 0.717) is 16.2 Å². The number of methoxy groups -OCH3 is 1. The van der Waals surface area contributed by atoms with E-state index < -0.39 is 17.6 Å². The van der Waals surface area contributed by atoms with Crippen LogP contribution in [0.5, 0.6) is 5.75 Å². The predicted molar refractivity (Wildman–Crippen MR) is 128 cm³/mol. The summed E-state index contributed by atoms with van der Waals surface area (Å²) in [5.74, 6) is -0.306. The van der Waals surface area contributed by atoms with Crippen molar-refractivity contribution in [3.8, 4) is 28.5 Å². The second-order valence-corrected chi connectivity index (χ2v) is 8.23. The Morgan fingerprint density at radius 2 is 1.67 bits per heavy atom. The predicted octanol–water partition coefficient (Wildman–Crippen LogP) is 6.05. The van der Waals surface area contributed by atoms with Crippen molar-refractivity contribution < 1.29 is 27.9 Å². The zero-order valence-electron chi connectivity index (χ0n) is 19.9. The van der Waals surface area contributed by atoms with Gasteiger partial charge in [-0.2, -0.15) is 17.9 Å². The Balaban J connectivity index is 1.73. The van der Waals surface area contributed by atoms with Crippen LogP contribution in [-0.2, 0) is 6.18 Å². The Labute approximate surface area is 205 Å². The van der Waals surface area contributed by atoms with Gasteiger partial charge in [-0.1, -0.05) is 24.3 Å². The van der Waals surface area contributed by atoms with Crippen molar-refractivity contribution in [3.63, 3.8) is 0 Å². The van der Waals surface area contributed by atoms with Crippen molar-refractivity contribution in [2.75, 3.05) is 12.4 Å². The van der Waals surface area contributed by atoms with Crippen LogP contribution in [0, 0.1) is 20.8 Å². The molecule has 2 aromatic carbocycles. The molecule has 0 saturated carbocycles. The van der Waals surface area contributed by atoms with E-state index in [1.165, 1.54) is 26.2 Å². The van der Waals surface area contributed by atoms with Crippen LogP contribution in [0.15, 0.2) is 54.6 Å². The minimum atomic E-state index is -4.56. The second kappa shape index (κ2) is 9.37. The normalized spacial score (nSPS) is 11.4. The molecule has 2 heterocycles. The molecule has 0 aliphatic carbocycles. The van der Waals surface area contributed by atoms with Crippen LogP contribution in [0.3, 0.4) is 0 Å². The van der Waals surface area contributed by atoms with Gasteiger partial charge in [-0.3, -0.25) is 4.79 Å². The maximum atomic E-state index is 13.0. The first kappa shape index (κ1) is 24.8. The summed E-state index contributed by atoms with van der Waals surface area (Å²) in [5.41, 5.74) is 2.60. The van der Waals surface area contributed by atoms with Gasteiger partial charge in [-0.25, -0.2) is 9.97 Å². The third-order valence-electron chi connectivity index (χ3n) is 5.72. The van der Waals surface area contributed by atoms with E-state index in [4.69, 9.17) is 4.74 Å². The molecule has 0 aliphatic heterocycles. The zero-order chi connectivity index (χ0) is 26.2. The van der Waals surface area contributed by atoms with Crippen LogP contribution in [0.25, 0.3) is 22.8 Å². The van der Waals surface area contributed by atoms with E-state index in [1.807, 2.05) is 32.0 Å². The highest BCUT2D eigenvalue weighted by molar-refractivity contribution is 6.04. The van der Waals surface area contributed by atoms with Gasteiger partial charge in [0.25, 0.3) is 5.91 Å². The van der Waals surface area contributed by atoms with Crippen LogP contribution < -0.4 is 10.1 Å². The van der Waals surface area contributed by atoms with E-state index in [2.05, 4.69) is 15.3 Å². The standard InChI is InChI=1S/C26H23F3N4O3/c1-14-7-5-8-15(2)21(14)22-20(36-4)12-11-19(32-22)24-30-16(3)23(33(24)35)25(34)31-18-10-6-9-17(13-18)26(27,28)29/h5-13,35H,1-4H3,(H,31,34). The maximum absolute atomic E-state index is 13.0. The Kier molecular flexibility index (Phi) is 6.45. The molecule has 1 amide bonds. The van der Waals surface area contributed by atoms with Gasteiger partial charge < -0.3 is 15.3 Å². The van der Waals surface area contributed by atoms with Gasteiger partial charge in [-0.05, 0) is 62.2 Å². The lowest BCUT2D eigenvalue weighted by atomic mass is 9.99. The molecule has 4 rings (SSSR count). The molecule has 0 atom stereocenters. The van der Waals surface area contributed by atoms with Crippen molar-refractivity contribution in [2.24, 2.45) is 0 Å². The summed E-state index contributed by atoms with van der Waals surface area (Å²) in [6.45, 7) is 5.40. The first-order valence-corrected chi connectivity index (χ1v) is 10.9. The Morgan fingerprint density at radius 1 is 1.00 bits per heavy atom. The van der Waals surface area contributed by atoms with Gasteiger partial charge in [-0.15, -0.1) is 0 Å². The lowest BCUT2D eigenvalue weighted by Crippen LogP contribution is -2.18. The van der Waals surface area contributed by atoms with Crippen LogP contribution in [0.4, 0.5) is 18.9 Å². The lowest BCUT2D eigenvalue weighted by molar-refractivity contribution is -0.137. The molecule has 7 nitrogen and oxygen atoms in total. The number of aromatic nitrogens is 3. The Morgan fingerprint density at radius 3 is 2.31 bits per heavy atom. The van der Waals surface area contributed by atoms with Gasteiger partial charge in [0.1, 0.15) is 17.1 Å². The van der Waals surface area contributed by atoms with E-state index in [9.17, 15) is 23.2 Å². The molecule has 0 fully saturated rings. The third-order valence-corrected chi connectivity index (χ3v) is 5.72. The molecule has 0 unspecified atom stereocenters. The van der Waals surface area contributed by atoms with Gasteiger partial charge in [0.2, 0.25) is 0 Å². The van der Waals surface area contributed by atoms with Crippen molar-refractivity contribution >= 4 is 11.6 Å². The molecule has 4 aromatic rings. The maximum Gasteiger partial charge on any atom is 0.416 e. The Hall–Kier alpha value is -4.34. The number of amides is 1. The number of ether oxygens (including phenoxy) is 1. The van der Waals surface area contributed by atoms with Crippen LogP contribution in [-0.4, -0.2) is 32.9 Å². The molecule has 36 heavy (non-hydrogen) atoms. The summed E-state index contributed by atoms with van der Waals surface area (Å²) < 4.78 is 45.2. The fraction of sp³-hybridized carbons (Fsp3) is 0.192. The second-order valence-electron chi connectivity index (χ2n) is 8.23. The quantitative estimate of drug-likeness (QED) is 0.328. The molecule has 2 N–H and O–H groups in total. The number of aryl methyl sites for hydroxylation is 3. The monoisotopic (exact) mass is 496 g/mol. The third kappa shape index (κ3) is 4.61. The highest BCUT2D eigenvalue weighted by Gasteiger charge is 2.31. The highest BCUT2D eigenvalue weighted by Crippen LogP contribution is 2.35. The van der Waals surface area contributed by atoms with Gasteiger partial charge in [0.15, 0.2) is 11.5 Å². The summed E-state index contributed by atoms with van der Waals surface area (Å²) >= 11 is 0. The number of hydrogen-bond donors (Lipinski definition) is 2. The van der Waals surface area contributed by atoms with Crippen LogP contribution in [0.2, 0.25) is 0 Å². The average molecular weight is 496 g/mol. The number of imidazole rings is 1. The number of hydrogen-bond acceptors (Lipinski definition) is 5. The topological polar surface area (TPSA) is 89.3 Å². The minimum absolute atomic E-state index is 0.00293. The van der Waals surface area contributed by atoms with E-state index in [1.54, 1.807) is 12.1 Å². The molecule has 0 bridgehead atoms. The molecule has 10 heteroatoms. The number of nitrogens with zero attached hydrogens (tertiary/aromatic N) is 3. The number of pyridine rings is 1. The fourth-order valence-corrected chi connectivity index (χ4v) is 4.01. The summed E-state index contributed by atoms with van der Waals surface area (Å²) in [7, 11) is 1.53. The molecule has 0 saturated heterocycles. The zero-order valence-corrected chi connectivity index (χ0v) is 19.9. The molecule has 2 aromatic heterocycles. The van der Waals surface area contributed by atoms with Crippen molar-refractivity contribution in [3.05, 3.63) is 82.7 Å². The Bertz CT molecular complexity index is 1440. The highest BCUT2D eigenvalue weighted by atomic mass is 19.4. The summed E-state index contributed by atoms with van der Waals surface area (Å²) in [6.07, 6.45) is -4.56. The molecular formula is C26H23F3N4O3. The van der Waals surface area contributed by atoms with E-state index >= 15 is 0 Å². The van der Waals surface area contributed by atoms with Crippen LogP contribution in [0.1, 0.15) is 32.9 Å². The fourth-order valence-electron chi connectivity index (χ4n) is 4.01.